The standard InChI is InChI=1S/C18H18N2O2/c21-18(22)10-4-2-7-15-12-14-6-1-3-9-17(14)20(15)16-8-5-11-19-13-16/h1,3,5-6,8-9,11-13H,2,4,7,10H2,(H,21,22). The summed E-state index contributed by atoms with van der Waals surface area (Å²) in [6.45, 7) is 0. The summed E-state index contributed by atoms with van der Waals surface area (Å²) in [6, 6.07) is 14.4. The van der Waals surface area contributed by atoms with E-state index < -0.39 is 5.97 Å². The highest BCUT2D eigenvalue weighted by Crippen LogP contribution is 2.25. The van der Waals surface area contributed by atoms with E-state index in [1.165, 1.54) is 11.1 Å². The molecule has 3 aromatic rings. The Morgan fingerprint density at radius 1 is 1.14 bits per heavy atom. The molecule has 0 saturated heterocycles. The lowest BCUT2D eigenvalue weighted by molar-refractivity contribution is -0.137. The zero-order chi connectivity index (χ0) is 15.4. The third kappa shape index (κ3) is 3.01. The fourth-order valence-corrected chi connectivity index (χ4v) is 2.77. The van der Waals surface area contributed by atoms with E-state index in [9.17, 15) is 4.79 Å². The van der Waals surface area contributed by atoms with Crippen LogP contribution in [0.5, 0.6) is 0 Å². The topological polar surface area (TPSA) is 55.1 Å². The average Bonchev–Trinajstić information content (AvgIpc) is 2.90. The number of unbranched alkanes of at least 4 members (excludes halogenated alkanes) is 1. The van der Waals surface area contributed by atoms with Crippen LogP contribution in [0.3, 0.4) is 0 Å². The maximum atomic E-state index is 10.6. The molecular weight excluding hydrogens is 276 g/mol. The molecule has 1 N–H and O–H groups in total. The molecule has 22 heavy (non-hydrogen) atoms. The van der Waals surface area contributed by atoms with Gasteiger partial charge in [0.1, 0.15) is 0 Å². The number of carboxylic acid groups (broad SMARTS) is 1. The predicted octanol–water partition coefficient (Wildman–Crippen LogP) is 3.82. The lowest BCUT2D eigenvalue weighted by Gasteiger charge is -2.10. The van der Waals surface area contributed by atoms with Crippen molar-refractivity contribution in [1.29, 1.82) is 0 Å². The van der Waals surface area contributed by atoms with E-state index in [4.69, 9.17) is 5.11 Å². The summed E-state index contributed by atoms with van der Waals surface area (Å²) in [5, 5.41) is 9.94. The number of aryl methyl sites for hydroxylation is 1. The molecule has 1 aromatic carbocycles. The SMILES string of the molecule is O=C(O)CCCCc1cc2ccccc2n1-c1cccnc1. The molecule has 0 spiro atoms. The van der Waals surface area contributed by atoms with E-state index in [-0.39, 0.29) is 6.42 Å². The van der Waals surface area contributed by atoms with Gasteiger partial charge in [0.2, 0.25) is 0 Å². The van der Waals surface area contributed by atoms with E-state index in [0.29, 0.717) is 6.42 Å². The quantitative estimate of drug-likeness (QED) is 0.703. The van der Waals surface area contributed by atoms with Crippen molar-refractivity contribution in [3.8, 4) is 5.69 Å². The zero-order valence-corrected chi connectivity index (χ0v) is 12.3. The first-order chi connectivity index (χ1) is 10.8. The highest BCUT2D eigenvalue weighted by Gasteiger charge is 2.10. The number of aromatic nitrogens is 2. The second kappa shape index (κ2) is 6.43. The van der Waals surface area contributed by atoms with Gasteiger partial charge in [-0.05, 0) is 43.5 Å². The molecule has 3 rings (SSSR count). The molecule has 0 fully saturated rings. The molecule has 2 aromatic heterocycles. The number of carbonyl (C=O) groups is 1. The fourth-order valence-electron chi connectivity index (χ4n) is 2.77. The molecule has 0 aliphatic rings. The van der Waals surface area contributed by atoms with Gasteiger partial charge in [-0.25, -0.2) is 0 Å². The van der Waals surface area contributed by atoms with Gasteiger partial charge in [0.05, 0.1) is 17.4 Å². The van der Waals surface area contributed by atoms with Crippen LogP contribution >= 0.6 is 0 Å². The summed E-state index contributed by atoms with van der Waals surface area (Å²) in [6.07, 6.45) is 6.27. The van der Waals surface area contributed by atoms with Crippen molar-refractivity contribution in [1.82, 2.24) is 9.55 Å². The van der Waals surface area contributed by atoms with Crippen LogP contribution in [0.2, 0.25) is 0 Å². The van der Waals surface area contributed by atoms with E-state index >= 15 is 0 Å². The summed E-state index contributed by atoms with van der Waals surface area (Å²) >= 11 is 0. The average molecular weight is 294 g/mol. The first-order valence-corrected chi connectivity index (χ1v) is 7.47. The van der Waals surface area contributed by atoms with Crippen LogP contribution in [0.25, 0.3) is 16.6 Å². The lowest BCUT2D eigenvalue weighted by Crippen LogP contribution is -2.01. The molecule has 4 heteroatoms. The van der Waals surface area contributed by atoms with Crippen LogP contribution in [0, 0.1) is 0 Å². The Morgan fingerprint density at radius 3 is 2.77 bits per heavy atom. The minimum atomic E-state index is -0.729. The molecule has 0 amide bonds. The van der Waals surface area contributed by atoms with Gasteiger partial charge in [0.25, 0.3) is 0 Å². The zero-order valence-electron chi connectivity index (χ0n) is 12.3. The number of hydrogen-bond donors (Lipinski definition) is 1. The summed E-state index contributed by atoms with van der Waals surface area (Å²) in [7, 11) is 0. The van der Waals surface area contributed by atoms with Crippen molar-refractivity contribution in [2.75, 3.05) is 0 Å². The third-order valence-electron chi connectivity index (χ3n) is 3.76. The fraction of sp³-hybridized carbons (Fsp3) is 0.222. The Labute approximate surface area is 129 Å². The summed E-state index contributed by atoms with van der Waals surface area (Å²) in [4.78, 5) is 14.8. The van der Waals surface area contributed by atoms with Crippen LogP contribution < -0.4 is 0 Å². The third-order valence-corrected chi connectivity index (χ3v) is 3.76. The van der Waals surface area contributed by atoms with Gasteiger partial charge in [-0.3, -0.25) is 9.78 Å². The number of hydrogen-bond acceptors (Lipinski definition) is 2. The number of nitrogens with zero attached hydrogens (tertiary/aromatic N) is 2. The van der Waals surface area contributed by atoms with Crippen LogP contribution in [0.4, 0.5) is 0 Å². The van der Waals surface area contributed by atoms with Crippen LogP contribution in [0.15, 0.2) is 54.9 Å². The van der Waals surface area contributed by atoms with Gasteiger partial charge in [-0.15, -0.1) is 0 Å². The highest BCUT2D eigenvalue weighted by molar-refractivity contribution is 5.83. The van der Waals surface area contributed by atoms with Crippen molar-refractivity contribution in [2.24, 2.45) is 0 Å². The van der Waals surface area contributed by atoms with Crippen molar-refractivity contribution in [3.63, 3.8) is 0 Å². The Kier molecular flexibility index (Phi) is 4.19. The highest BCUT2D eigenvalue weighted by atomic mass is 16.4. The van der Waals surface area contributed by atoms with Gasteiger partial charge < -0.3 is 9.67 Å². The molecule has 0 aliphatic heterocycles. The van der Waals surface area contributed by atoms with Crippen LogP contribution in [-0.4, -0.2) is 20.6 Å². The van der Waals surface area contributed by atoms with Crippen LogP contribution in [-0.2, 0) is 11.2 Å². The molecule has 0 saturated carbocycles. The number of fused-ring (bicyclic) bond motifs is 1. The lowest BCUT2D eigenvalue weighted by atomic mass is 10.1. The van der Waals surface area contributed by atoms with Crippen molar-refractivity contribution < 1.29 is 9.90 Å². The predicted molar refractivity (Wildman–Crippen MR) is 86.3 cm³/mol. The molecule has 112 valence electrons. The first-order valence-electron chi connectivity index (χ1n) is 7.47. The number of aliphatic carboxylic acids is 1. The Balaban J connectivity index is 1.93. The van der Waals surface area contributed by atoms with E-state index in [1.54, 1.807) is 6.20 Å². The van der Waals surface area contributed by atoms with Gasteiger partial charge in [0, 0.05) is 23.7 Å². The molecule has 0 unspecified atom stereocenters. The first kappa shape index (κ1) is 14.3. The maximum Gasteiger partial charge on any atom is 0.303 e. The second-order valence-corrected chi connectivity index (χ2v) is 5.34. The molecular formula is C18H18N2O2. The Morgan fingerprint density at radius 2 is 2.00 bits per heavy atom. The summed E-state index contributed by atoms with van der Waals surface area (Å²) in [5.41, 5.74) is 3.39. The van der Waals surface area contributed by atoms with Crippen molar-refractivity contribution in [3.05, 3.63) is 60.6 Å². The normalized spacial score (nSPS) is 10.9. The largest absolute Gasteiger partial charge is 0.481 e. The minimum absolute atomic E-state index is 0.229. The monoisotopic (exact) mass is 294 g/mol. The maximum absolute atomic E-state index is 10.6. The van der Waals surface area contributed by atoms with E-state index in [2.05, 4.69) is 27.8 Å². The van der Waals surface area contributed by atoms with Gasteiger partial charge >= 0.3 is 5.97 Å². The molecule has 0 radical (unpaired) electrons. The van der Waals surface area contributed by atoms with Gasteiger partial charge in [-0.2, -0.15) is 0 Å². The van der Waals surface area contributed by atoms with Gasteiger partial charge in [0.15, 0.2) is 0 Å². The Bertz CT molecular complexity index is 778. The molecule has 0 aliphatic carbocycles. The van der Waals surface area contributed by atoms with Crippen LogP contribution in [0.1, 0.15) is 25.0 Å². The van der Waals surface area contributed by atoms with Crippen molar-refractivity contribution in [2.45, 2.75) is 25.7 Å². The summed E-state index contributed by atoms with van der Waals surface area (Å²) < 4.78 is 2.21. The van der Waals surface area contributed by atoms with Crippen molar-refractivity contribution >= 4 is 16.9 Å². The number of benzene rings is 1. The molecule has 0 bridgehead atoms. The Hall–Kier alpha value is -2.62. The smallest absolute Gasteiger partial charge is 0.303 e. The number of pyridine rings is 1. The number of para-hydroxylation sites is 1. The number of rotatable bonds is 6. The van der Waals surface area contributed by atoms with E-state index in [0.717, 1.165) is 24.0 Å². The van der Waals surface area contributed by atoms with E-state index in [1.807, 2.05) is 30.5 Å². The molecule has 2 heterocycles. The molecule has 0 atom stereocenters. The van der Waals surface area contributed by atoms with Gasteiger partial charge in [-0.1, -0.05) is 18.2 Å². The number of carboxylic acids is 1. The summed E-state index contributed by atoms with van der Waals surface area (Å²) in [5.74, 6) is -0.729. The molecule has 4 nitrogen and oxygen atoms in total. The second-order valence-electron chi connectivity index (χ2n) is 5.34. The minimum Gasteiger partial charge on any atom is -0.481 e.